The lowest BCUT2D eigenvalue weighted by atomic mass is 10.2. The summed E-state index contributed by atoms with van der Waals surface area (Å²) in [7, 11) is 0. The Labute approximate surface area is 115 Å². The molecule has 0 saturated carbocycles. The van der Waals surface area contributed by atoms with E-state index in [1.54, 1.807) is 22.7 Å². The zero-order chi connectivity index (χ0) is 12.4. The number of thiophene rings is 1. The van der Waals surface area contributed by atoms with Gasteiger partial charge in [0.25, 0.3) is 0 Å². The molecule has 3 nitrogen and oxygen atoms in total. The van der Waals surface area contributed by atoms with Crippen LogP contribution in [0, 0.1) is 0 Å². The molecule has 2 aromatic heterocycles. The van der Waals surface area contributed by atoms with Crippen molar-refractivity contribution in [3.8, 4) is 10.6 Å². The summed E-state index contributed by atoms with van der Waals surface area (Å²) in [6.45, 7) is 6.54. The van der Waals surface area contributed by atoms with Gasteiger partial charge in [-0.05, 0) is 18.4 Å². The van der Waals surface area contributed by atoms with E-state index in [4.69, 9.17) is 4.98 Å². The molecule has 2 aromatic rings. The Morgan fingerprint density at radius 2 is 2.44 bits per heavy atom. The van der Waals surface area contributed by atoms with Crippen LogP contribution in [0.1, 0.15) is 12.6 Å². The lowest BCUT2D eigenvalue weighted by Gasteiger charge is -2.33. The van der Waals surface area contributed by atoms with Gasteiger partial charge in [0.1, 0.15) is 5.01 Å². The standard InChI is InChI=1S/C13H17N3S2/c1-10-6-14-3-4-16(10)7-12-9-18-13(15-12)11-2-5-17-8-11/h2,5,8-10,14H,3-4,6-7H2,1H3. The van der Waals surface area contributed by atoms with Gasteiger partial charge < -0.3 is 5.32 Å². The van der Waals surface area contributed by atoms with Gasteiger partial charge in [0.2, 0.25) is 0 Å². The molecule has 1 unspecified atom stereocenters. The molecule has 0 spiro atoms. The first-order valence-electron chi connectivity index (χ1n) is 6.24. The molecule has 18 heavy (non-hydrogen) atoms. The Kier molecular flexibility index (Phi) is 3.75. The third-order valence-corrected chi connectivity index (χ3v) is 4.95. The summed E-state index contributed by atoms with van der Waals surface area (Å²) in [5.41, 5.74) is 2.46. The molecule has 5 heteroatoms. The van der Waals surface area contributed by atoms with E-state index >= 15 is 0 Å². The van der Waals surface area contributed by atoms with Gasteiger partial charge in [-0.2, -0.15) is 11.3 Å². The van der Waals surface area contributed by atoms with Gasteiger partial charge in [-0.3, -0.25) is 4.90 Å². The SMILES string of the molecule is CC1CNCCN1Cc1csc(-c2ccsc2)n1. The molecule has 3 rings (SSSR count). The molecule has 1 aliphatic heterocycles. The van der Waals surface area contributed by atoms with E-state index in [0.717, 1.165) is 31.2 Å². The molecule has 0 amide bonds. The third kappa shape index (κ3) is 2.64. The number of nitrogens with one attached hydrogen (secondary N) is 1. The summed E-state index contributed by atoms with van der Waals surface area (Å²) in [6, 6.07) is 2.74. The van der Waals surface area contributed by atoms with Gasteiger partial charge in [0, 0.05) is 48.5 Å². The number of piperazine rings is 1. The van der Waals surface area contributed by atoms with E-state index in [-0.39, 0.29) is 0 Å². The fourth-order valence-electron chi connectivity index (χ4n) is 2.22. The average molecular weight is 279 g/mol. The summed E-state index contributed by atoms with van der Waals surface area (Å²) >= 11 is 3.48. The van der Waals surface area contributed by atoms with Crippen molar-refractivity contribution in [1.29, 1.82) is 0 Å². The van der Waals surface area contributed by atoms with Crippen LogP contribution < -0.4 is 5.32 Å². The van der Waals surface area contributed by atoms with Crippen LogP contribution in [0.5, 0.6) is 0 Å². The first kappa shape index (κ1) is 12.3. The van der Waals surface area contributed by atoms with Crippen LogP contribution in [0.4, 0.5) is 0 Å². The molecular weight excluding hydrogens is 262 g/mol. The van der Waals surface area contributed by atoms with Crippen LogP contribution in [0.3, 0.4) is 0 Å². The lowest BCUT2D eigenvalue weighted by molar-refractivity contribution is 0.164. The van der Waals surface area contributed by atoms with Crippen molar-refractivity contribution in [1.82, 2.24) is 15.2 Å². The second-order valence-electron chi connectivity index (χ2n) is 4.68. The maximum atomic E-state index is 4.74. The minimum atomic E-state index is 0.602. The van der Waals surface area contributed by atoms with Crippen LogP contribution in [0.25, 0.3) is 10.6 Å². The highest BCUT2D eigenvalue weighted by Crippen LogP contribution is 2.26. The number of rotatable bonds is 3. The maximum absolute atomic E-state index is 4.74. The van der Waals surface area contributed by atoms with Crippen LogP contribution in [-0.4, -0.2) is 35.6 Å². The number of hydrogen-bond acceptors (Lipinski definition) is 5. The van der Waals surface area contributed by atoms with Gasteiger partial charge in [0.15, 0.2) is 0 Å². The fourth-order valence-corrected chi connectivity index (χ4v) is 3.75. The summed E-state index contributed by atoms with van der Waals surface area (Å²) in [4.78, 5) is 7.25. The highest BCUT2D eigenvalue weighted by molar-refractivity contribution is 7.14. The molecule has 0 radical (unpaired) electrons. The molecule has 3 heterocycles. The molecule has 1 saturated heterocycles. The van der Waals surface area contributed by atoms with Crippen LogP contribution in [0.2, 0.25) is 0 Å². The van der Waals surface area contributed by atoms with Gasteiger partial charge in [-0.25, -0.2) is 4.98 Å². The van der Waals surface area contributed by atoms with Crippen LogP contribution in [-0.2, 0) is 6.54 Å². The molecule has 0 aromatic carbocycles. The van der Waals surface area contributed by atoms with E-state index in [0.29, 0.717) is 6.04 Å². The van der Waals surface area contributed by atoms with E-state index in [1.807, 2.05) is 0 Å². The topological polar surface area (TPSA) is 28.2 Å². The first-order chi connectivity index (χ1) is 8.83. The van der Waals surface area contributed by atoms with E-state index in [9.17, 15) is 0 Å². The molecule has 0 aliphatic carbocycles. The number of thiazole rings is 1. The van der Waals surface area contributed by atoms with Crippen molar-refractivity contribution in [2.75, 3.05) is 19.6 Å². The Morgan fingerprint density at radius 3 is 3.22 bits per heavy atom. The minimum Gasteiger partial charge on any atom is -0.314 e. The maximum Gasteiger partial charge on any atom is 0.124 e. The summed E-state index contributed by atoms with van der Waals surface area (Å²) in [5, 5.41) is 11.0. The first-order valence-corrected chi connectivity index (χ1v) is 8.07. The van der Waals surface area contributed by atoms with E-state index in [1.165, 1.54) is 11.3 Å². The Morgan fingerprint density at radius 1 is 1.50 bits per heavy atom. The molecular formula is C13H17N3S2. The molecule has 1 fully saturated rings. The highest BCUT2D eigenvalue weighted by atomic mass is 32.1. The summed E-state index contributed by atoms with van der Waals surface area (Å²) in [5.74, 6) is 0. The van der Waals surface area contributed by atoms with Crippen molar-refractivity contribution >= 4 is 22.7 Å². The van der Waals surface area contributed by atoms with Crippen LogP contribution >= 0.6 is 22.7 Å². The van der Waals surface area contributed by atoms with Gasteiger partial charge >= 0.3 is 0 Å². The van der Waals surface area contributed by atoms with Crippen LogP contribution in [0.15, 0.2) is 22.2 Å². The van der Waals surface area contributed by atoms with Gasteiger partial charge in [0.05, 0.1) is 5.69 Å². The minimum absolute atomic E-state index is 0.602. The normalized spacial score (nSPS) is 21.3. The second kappa shape index (κ2) is 5.48. The van der Waals surface area contributed by atoms with Crippen molar-refractivity contribution < 1.29 is 0 Å². The smallest absolute Gasteiger partial charge is 0.124 e. The average Bonchev–Trinajstić information content (AvgIpc) is 3.02. The van der Waals surface area contributed by atoms with E-state index in [2.05, 4.69) is 39.3 Å². The summed E-state index contributed by atoms with van der Waals surface area (Å²) < 4.78 is 0. The predicted molar refractivity (Wildman–Crippen MR) is 78.2 cm³/mol. The van der Waals surface area contributed by atoms with E-state index < -0.39 is 0 Å². The molecule has 0 bridgehead atoms. The number of hydrogen-bond donors (Lipinski definition) is 1. The third-order valence-electron chi connectivity index (χ3n) is 3.32. The number of aromatic nitrogens is 1. The zero-order valence-electron chi connectivity index (χ0n) is 10.4. The van der Waals surface area contributed by atoms with Crippen molar-refractivity contribution in [3.63, 3.8) is 0 Å². The Balaban J connectivity index is 1.70. The molecule has 1 N–H and O–H groups in total. The predicted octanol–water partition coefficient (Wildman–Crippen LogP) is 2.67. The largest absolute Gasteiger partial charge is 0.314 e. The second-order valence-corrected chi connectivity index (χ2v) is 6.32. The van der Waals surface area contributed by atoms with Crippen molar-refractivity contribution in [3.05, 3.63) is 27.9 Å². The highest BCUT2D eigenvalue weighted by Gasteiger charge is 2.18. The zero-order valence-corrected chi connectivity index (χ0v) is 12.1. The lowest BCUT2D eigenvalue weighted by Crippen LogP contribution is -2.49. The quantitative estimate of drug-likeness (QED) is 0.936. The molecule has 1 atom stereocenters. The van der Waals surface area contributed by atoms with Gasteiger partial charge in [-0.1, -0.05) is 0 Å². The molecule has 1 aliphatic rings. The van der Waals surface area contributed by atoms with Gasteiger partial charge in [-0.15, -0.1) is 11.3 Å². The Hall–Kier alpha value is -0.750. The molecule has 96 valence electrons. The Bertz CT molecular complexity index is 492. The summed E-state index contributed by atoms with van der Waals surface area (Å²) in [6.07, 6.45) is 0. The number of nitrogens with zero attached hydrogens (tertiary/aromatic N) is 2. The van der Waals surface area contributed by atoms with Crippen molar-refractivity contribution in [2.24, 2.45) is 0 Å². The van der Waals surface area contributed by atoms with Crippen molar-refractivity contribution in [2.45, 2.75) is 19.5 Å². The fraction of sp³-hybridized carbons (Fsp3) is 0.462. The monoisotopic (exact) mass is 279 g/mol.